The molecule has 1 N–H and O–H groups in total. The van der Waals surface area contributed by atoms with Gasteiger partial charge in [-0.25, -0.2) is 4.98 Å². The van der Waals surface area contributed by atoms with E-state index in [0.717, 1.165) is 25.9 Å². The topological polar surface area (TPSA) is 105 Å². The molecule has 2 aromatic rings. The summed E-state index contributed by atoms with van der Waals surface area (Å²) in [5.41, 5.74) is 0.616. The molecule has 0 aliphatic heterocycles. The lowest BCUT2D eigenvalue weighted by Crippen LogP contribution is -2.39. The SMILES string of the molecule is CCCN(CCC)C(=O)Cc1csc(NC(=O)CN(CCOC)C(=O)c2ccco2)n1. The van der Waals surface area contributed by atoms with Gasteiger partial charge in [-0.05, 0) is 25.0 Å². The van der Waals surface area contributed by atoms with E-state index in [9.17, 15) is 14.4 Å². The van der Waals surface area contributed by atoms with E-state index >= 15 is 0 Å². The Kier molecular flexibility index (Phi) is 10.2. The van der Waals surface area contributed by atoms with Crippen LogP contribution in [0.3, 0.4) is 0 Å². The Bertz CT molecular complexity index is 831. The fourth-order valence-electron chi connectivity index (χ4n) is 2.96. The maximum Gasteiger partial charge on any atom is 0.290 e. The normalized spacial score (nSPS) is 10.7. The maximum absolute atomic E-state index is 12.5. The number of anilines is 1. The number of furan rings is 1. The van der Waals surface area contributed by atoms with E-state index in [1.807, 2.05) is 18.7 Å². The molecule has 9 nitrogen and oxygen atoms in total. The standard InChI is InChI=1S/C21H30N4O5S/c1-4-8-24(9-5-2)19(27)13-16-15-31-21(22-16)23-18(26)14-25(10-12-29-3)20(28)17-7-6-11-30-17/h6-7,11,15H,4-5,8-10,12-14H2,1-3H3,(H,22,23,26). The summed E-state index contributed by atoms with van der Waals surface area (Å²) in [5, 5.41) is 4.86. The van der Waals surface area contributed by atoms with Crippen LogP contribution in [0.25, 0.3) is 0 Å². The molecule has 0 fully saturated rings. The summed E-state index contributed by atoms with van der Waals surface area (Å²) >= 11 is 1.25. The minimum Gasteiger partial charge on any atom is -0.459 e. The molecular weight excluding hydrogens is 420 g/mol. The van der Waals surface area contributed by atoms with Crippen molar-refractivity contribution < 1.29 is 23.5 Å². The summed E-state index contributed by atoms with van der Waals surface area (Å²) in [6, 6.07) is 3.16. The van der Waals surface area contributed by atoms with Crippen LogP contribution in [0.2, 0.25) is 0 Å². The van der Waals surface area contributed by atoms with Gasteiger partial charge in [-0.3, -0.25) is 14.4 Å². The molecule has 2 heterocycles. The Morgan fingerprint density at radius 2 is 1.90 bits per heavy atom. The first kappa shape index (κ1) is 24.5. The second kappa shape index (κ2) is 12.9. The van der Waals surface area contributed by atoms with Crippen LogP contribution in [0.1, 0.15) is 42.9 Å². The van der Waals surface area contributed by atoms with Gasteiger partial charge < -0.3 is 24.3 Å². The zero-order valence-electron chi connectivity index (χ0n) is 18.3. The van der Waals surface area contributed by atoms with Gasteiger partial charge in [0.2, 0.25) is 11.8 Å². The summed E-state index contributed by atoms with van der Waals surface area (Å²) in [7, 11) is 1.52. The molecule has 3 amide bonds. The molecule has 0 aliphatic rings. The third-order valence-electron chi connectivity index (χ3n) is 4.39. The first-order valence-corrected chi connectivity index (χ1v) is 11.2. The van der Waals surface area contributed by atoms with Crippen molar-refractivity contribution in [3.63, 3.8) is 0 Å². The Hall–Kier alpha value is -2.72. The molecule has 10 heteroatoms. The van der Waals surface area contributed by atoms with Crippen LogP contribution >= 0.6 is 11.3 Å². The molecule has 0 unspecified atom stereocenters. The van der Waals surface area contributed by atoms with Gasteiger partial charge in [0.25, 0.3) is 5.91 Å². The molecule has 170 valence electrons. The lowest BCUT2D eigenvalue weighted by Gasteiger charge is -2.21. The molecule has 0 saturated heterocycles. The first-order valence-electron chi connectivity index (χ1n) is 10.3. The zero-order valence-corrected chi connectivity index (χ0v) is 19.1. The number of nitrogens with one attached hydrogen (secondary N) is 1. The predicted molar refractivity (Wildman–Crippen MR) is 118 cm³/mol. The highest BCUT2D eigenvalue weighted by atomic mass is 32.1. The number of hydrogen-bond acceptors (Lipinski definition) is 7. The van der Waals surface area contributed by atoms with E-state index in [4.69, 9.17) is 9.15 Å². The predicted octanol–water partition coefficient (Wildman–Crippen LogP) is 2.65. The van der Waals surface area contributed by atoms with E-state index < -0.39 is 5.91 Å². The average molecular weight is 451 g/mol. The van der Waals surface area contributed by atoms with Crippen molar-refractivity contribution in [3.05, 3.63) is 35.2 Å². The van der Waals surface area contributed by atoms with Crippen LogP contribution in [-0.4, -0.2) is 72.4 Å². The molecular formula is C21H30N4O5S. The van der Waals surface area contributed by atoms with Crippen molar-refractivity contribution in [2.75, 3.05) is 45.2 Å². The van der Waals surface area contributed by atoms with Crippen molar-refractivity contribution >= 4 is 34.2 Å². The van der Waals surface area contributed by atoms with Gasteiger partial charge in [-0.2, -0.15) is 0 Å². The van der Waals surface area contributed by atoms with Crippen molar-refractivity contribution in [3.8, 4) is 0 Å². The second-order valence-corrected chi connectivity index (χ2v) is 7.80. The summed E-state index contributed by atoms with van der Waals surface area (Å²) in [6.45, 7) is 5.89. The molecule has 0 radical (unpaired) electrons. The summed E-state index contributed by atoms with van der Waals surface area (Å²) in [4.78, 5) is 45.1. The Morgan fingerprint density at radius 3 is 2.52 bits per heavy atom. The average Bonchev–Trinajstić information content (AvgIpc) is 3.42. The minimum absolute atomic E-state index is 0.0293. The Balaban J connectivity index is 1.94. The number of aromatic nitrogens is 1. The lowest BCUT2D eigenvalue weighted by atomic mass is 10.2. The molecule has 2 aromatic heterocycles. The van der Waals surface area contributed by atoms with E-state index in [-0.39, 0.29) is 43.7 Å². The number of thiazole rings is 1. The summed E-state index contributed by atoms with van der Waals surface area (Å²) in [5.74, 6) is -0.597. The van der Waals surface area contributed by atoms with E-state index in [1.54, 1.807) is 17.5 Å². The van der Waals surface area contributed by atoms with Crippen LogP contribution in [-0.2, 0) is 20.7 Å². The van der Waals surface area contributed by atoms with E-state index in [0.29, 0.717) is 10.8 Å². The molecule has 0 spiro atoms. The van der Waals surface area contributed by atoms with Crippen molar-refractivity contribution in [1.82, 2.24) is 14.8 Å². The van der Waals surface area contributed by atoms with E-state index in [1.165, 1.54) is 29.6 Å². The fourth-order valence-corrected chi connectivity index (χ4v) is 3.68. The number of rotatable bonds is 13. The number of carbonyl (C=O) groups excluding carboxylic acids is 3. The van der Waals surface area contributed by atoms with Gasteiger partial charge in [0.05, 0.1) is 25.0 Å². The lowest BCUT2D eigenvalue weighted by molar-refractivity contribution is -0.130. The smallest absolute Gasteiger partial charge is 0.290 e. The Labute approximate surface area is 186 Å². The summed E-state index contributed by atoms with van der Waals surface area (Å²) < 4.78 is 10.2. The quantitative estimate of drug-likeness (QED) is 0.503. The third-order valence-corrected chi connectivity index (χ3v) is 5.20. The number of hydrogen-bond donors (Lipinski definition) is 1. The van der Waals surface area contributed by atoms with Crippen LogP contribution in [0.4, 0.5) is 5.13 Å². The number of nitrogens with zero attached hydrogens (tertiary/aromatic N) is 3. The van der Waals surface area contributed by atoms with Crippen LogP contribution in [0.15, 0.2) is 28.2 Å². The molecule has 2 rings (SSSR count). The molecule has 0 bridgehead atoms. The van der Waals surface area contributed by atoms with Crippen LogP contribution < -0.4 is 5.32 Å². The van der Waals surface area contributed by atoms with Crippen molar-refractivity contribution in [2.45, 2.75) is 33.1 Å². The summed E-state index contributed by atoms with van der Waals surface area (Å²) in [6.07, 6.45) is 3.41. The Morgan fingerprint density at radius 1 is 1.16 bits per heavy atom. The number of methoxy groups -OCH3 is 1. The number of carbonyl (C=O) groups is 3. The molecule has 0 saturated carbocycles. The molecule has 0 aromatic carbocycles. The van der Waals surface area contributed by atoms with Gasteiger partial charge >= 0.3 is 0 Å². The zero-order chi connectivity index (χ0) is 22.6. The van der Waals surface area contributed by atoms with Gasteiger partial charge in [0.1, 0.15) is 6.54 Å². The number of amides is 3. The van der Waals surface area contributed by atoms with Crippen molar-refractivity contribution in [2.24, 2.45) is 0 Å². The van der Waals surface area contributed by atoms with Crippen LogP contribution in [0.5, 0.6) is 0 Å². The maximum atomic E-state index is 12.5. The number of ether oxygens (including phenoxy) is 1. The third kappa shape index (κ3) is 7.80. The second-order valence-electron chi connectivity index (χ2n) is 6.95. The largest absolute Gasteiger partial charge is 0.459 e. The van der Waals surface area contributed by atoms with Gasteiger partial charge in [0.15, 0.2) is 10.9 Å². The highest BCUT2D eigenvalue weighted by Gasteiger charge is 2.21. The molecule has 0 atom stereocenters. The van der Waals surface area contributed by atoms with Gasteiger partial charge in [-0.15, -0.1) is 11.3 Å². The molecule has 0 aliphatic carbocycles. The fraction of sp³-hybridized carbons (Fsp3) is 0.524. The van der Waals surface area contributed by atoms with Crippen molar-refractivity contribution in [1.29, 1.82) is 0 Å². The first-order chi connectivity index (χ1) is 15.0. The highest BCUT2D eigenvalue weighted by molar-refractivity contribution is 7.13. The monoisotopic (exact) mass is 450 g/mol. The van der Waals surface area contributed by atoms with E-state index in [2.05, 4.69) is 10.3 Å². The van der Waals surface area contributed by atoms with Gasteiger partial charge in [0, 0.05) is 32.1 Å². The minimum atomic E-state index is -0.394. The molecule has 31 heavy (non-hydrogen) atoms. The van der Waals surface area contributed by atoms with Gasteiger partial charge in [-0.1, -0.05) is 13.8 Å². The van der Waals surface area contributed by atoms with Crippen LogP contribution in [0, 0.1) is 0 Å². The highest BCUT2D eigenvalue weighted by Crippen LogP contribution is 2.17.